The number of fused-ring (bicyclic) bond motifs is 2. The Labute approximate surface area is 234 Å². The zero-order chi connectivity index (χ0) is 29.4. The number of phenols is 3. The van der Waals surface area contributed by atoms with E-state index >= 15 is 0 Å². The van der Waals surface area contributed by atoms with Crippen LogP contribution in [-0.4, -0.2) is 50.9 Å². The predicted molar refractivity (Wildman–Crippen MR) is 152 cm³/mol. The van der Waals surface area contributed by atoms with Crippen LogP contribution in [0.1, 0.15) is 22.6 Å². The van der Waals surface area contributed by atoms with E-state index in [2.05, 4.69) is 0 Å². The molecule has 1 unspecified atom stereocenters. The van der Waals surface area contributed by atoms with Gasteiger partial charge in [-0.15, -0.1) is 0 Å². The summed E-state index contributed by atoms with van der Waals surface area (Å²) in [7, 11) is 7.10. The molecule has 0 aliphatic heterocycles. The summed E-state index contributed by atoms with van der Waals surface area (Å²) in [4.78, 5) is 13.9. The fourth-order valence-electron chi connectivity index (χ4n) is 5.12. The molecule has 0 radical (unpaired) electrons. The number of hydrogen-bond donors (Lipinski definition) is 3. The van der Waals surface area contributed by atoms with E-state index in [0.29, 0.717) is 28.4 Å². The van der Waals surface area contributed by atoms with Crippen molar-refractivity contribution in [3.05, 3.63) is 81.5 Å². The zero-order valence-corrected chi connectivity index (χ0v) is 23.0. The summed E-state index contributed by atoms with van der Waals surface area (Å²) in [6.45, 7) is 0. The highest BCUT2D eigenvalue weighted by Gasteiger charge is 2.33. The first-order valence-corrected chi connectivity index (χ1v) is 12.4. The van der Waals surface area contributed by atoms with E-state index in [1.165, 1.54) is 47.7 Å². The minimum absolute atomic E-state index is 0.0112. The van der Waals surface area contributed by atoms with Crippen LogP contribution >= 0.6 is 0 Å². The van der Waals surface area contributed by atoms with Gasteiger partial charge in [0.1, 0.15) is 16.7 Å². The van der Waals surface area contributed by atoms with Crippen molar-refractivity contribution in [2.24, 2.45) is 0 Å². The van der Waals surface area contributed by atoms with Crippen molar-refractivity contribution in [2.75, 3.05) is 35.5 Å². The molecule has 0 bridgehead atoms. The van der Waals surface area contributed by atoms with Crippen LogP contribution < -0.4 is 29.1 Å². The molecule has 0 amide bonds. The van der Waals surface area contributed by atoms with Crippen molar-refractivity contribution in [3.63, 3.8) is 0 Å². The quantitative estimate of drug-likeness (QED) is 0.170. The van der Waals surface area contributed by atoms with E-state index in [0.717, 1.165) is 0 Å². The minimum Gasteiger partial charge on any atom is -0.504 e. The summed E-state index contributed by atoms with van der Waals surface area (Å²) in [5, 5.41) is 33.0. The molecule has 3 N–H and O–H groups in total. The Hall–Kier alpha value is -5.25. The van der Waals surface area contributed by atoms with Gasteiger partial charge in [0, 0.05) is 23.6 Å². The first-order chi connectivity index (χ1) is 19.8. The maximum Gasteiger partial charge on any atom is 0.204 e. The Morgan fingerprint density at radius 3 is 1.95 bits per heavy atom. The van der Waals surface area contributed by atoms with Crippen LogP contribution in [0.3, 0.4) is 0 Å². The van der Waals surface area contributed by atoms with Gasteiger partial charge in [0.15, 0.2) is 40.1 Å². The lowest BCUT2D eigenvalue weighted by Crippen LogP contribution is -2.11. The standard InChI is InChI=1S/C31H28O10/c1-36-19-14-23(39-4)22(38-3)11-16(19)24(15-9-7-6-8-10-15)25-28(34)31(40-5)29(35)26-27(33)17-12-21(37-2)18(32)13-20(17)41-30(25)26/h6-14,24,32,34-35H,1-5H3. The van der Waals surface area contributed by atoms with Gasteiger partial charge in [-0.3, -0.25) is 4.79 Å². The van der Waals surface area contributed by atoms with Crippen LogP contribution in [-0.2, 0) is 0 Å². The molecule has 212 valence electrons. The van der Waals surface area contributed by atoms with E-state index in [1.807, 2.05) is 30.3 Å². The minimum atomic E-state index is -0.838. The van der Waals surface area contributed by atoms with E-state index in [1.54, 1.807) is 12.1 Å². The van der Waals surface area contributed by atoms with Crippen LogP contribution in [0, 0.1) is 0 Å². The van der Waals surface area contributed by atoms with E-state index in [-0.39, 0.29) is 44.8 Å². The molecule has 0 spiro atoms. The molecule has 1 aromatic heterocycles. The number of rotatable bonds is 8. The lowest BCUT2D eigenvalue weighted by Gasteiger charge is -2.25. The first kappa shape index (κ1) is 27.3. The Morgan fingerprint density at radius 2 is 1.34 bits per heavy atom. The molecule has 5 aromatic rings. The van der Waals surface area contributed by atoms with Gasteiger partial charge in [0.05, 0.1) is 46.5 Å². The number of hydrogen-bond acceptors (Lipinski definition) is 10. The molecule has 4 aromatic carbocycles. The molecule has 0 fully saturated rings. The second-order valence-corrected chi connectivity index (χ2v) is 9.09. The normalized spacial score (nSPS) is 11.8. The highest BCUT2D eigenvalue weighted by atomic mass is 16.5. The largest absolute Gasteiger partial charge is 0.504 e. The predicted octanol–water partition coefficient (Wildman–Crippen LogP) is 5.29. The van der Waals surface area contributed by atoms with Crippen molar-refractivity contribution in [1.29, 1.82) is 0 Å². The van der Waals surface area contributed by atoms with Gasteiger partial charge in [-0.1, -0.05) is 30.3 Å². The number of ether oxygens (including phenoxy) is 5. The van der Waals surface area contributed by atoms with Crippen LogP contribution in [0.25, 0.3) is 21.9 Å². The number of methoxy groups -OCH3 is 5. The maximum atomic E-state index is 13.9. The van der Waals surface area contributed by atoms with Gasteiger partial charge < -0.3 is 43.4 Å². The van der Waals surface area contributed by atoms with Gasteiger partial charge >= 0.3 is 0 Å². The van der Waals surface area contributed by atoms with E-state index in [9.17, 15) is 20.1 Å². The highest BCUT2D eigenvalue weighted by molar-refractivity contribution is 5.99. The second-order valence-electron chi connectivity index (χ2n) is 9.09. The lowest BCUT2D eigenvalue weighted by molar-refractivity contribution is 0.342. The lowest BCUT2D eigenvalue weighted by atomic mass is 9.82. The Morgan fingerprint density at radius 1 is 0.707 bits per heavy atom. The molecular formula is C31H28O10. The molecule has 5 rings (SSSR count). The third-order valence-corrected chi connectivity index (χ3v) is 7.03. The SMILES string of the molecule is COc1cc2c(=O)c3c(O)c(OC)c(O)c(C(c4ccccc4)c4cc(OC)c(OC)cc4OC)c3oc2cc1O. The molecule has 0 saturated heterocycles. The van der Waals surface area contributed by atoms with Crippen molar-refractivity contribution in [3.8, 4) is 46.0 Å². The molecular weight excluding hydrogens is 532 g/mol. The zero-order valence-electron chi connectivity index (χ0n) is 23.0. The summed E-state index contributed by atoms with van der Waals surface area (Å²) >= 11 is 0. The maximum absolute atomic E-state index is 13.9. The number of benzene rings is 4. The van der Waals surface area contributed by atoms with Crippen LogP contribution in [0.15, 0.2) is 63.8 Å². The van der Waals surface area contributed by atoms with Gasteiger partial charge in [-0.25, -0.2) is 0 Å². The Kier molecular flexibility index (Phi) is 7.15. The van der Waals surface area contributed by atoms with Gasteiger partial charge in [0.25, 0.3) is 0 Å². The molecule has 1 atom stereocenters. The third-order valence-electron chi connectivity index (χ3n) is 7.03. The van der Waals surface area contributed by atoms with Gasteiger partial charge in [-0.05, 0) is 17.7 Å². The second kappa shape index (κ2) is 10.7. The van der Waals surface area contributed by atoms with Crippen LogP contribution in [0.2, 0.25) is 0 Å². The summed E-state index contributed by atoms with van der Waals surface area (Å²) in [6.07, 6.45) is 0. The third kappa shape index (κ3) is 4.33. The van der Waals surface area contributed by atoms with Crippen LogP contribution in [0.4, 0.5) is 0 Å². The fraction of sp³-hybridized carbons (Fsp3) is 0.194. The smallest absolute Gasteiger partial charge is 0.204 e. The Bertz CT molecular complexity index is 1830. The number of aromatic hydroxyl groups is 3. The highest BCUT2D eigenvalue weighted by Crippen LogP contribution is 2.53. The summed E-state index contributed by atoms with van der Waals surface area (Å²) in [6, 6.07) is 15.1. The number of phenolic OH excluding ortho intramolecular Hbond substituents is 3. The molecule has 0 aliphatic carbocycles. The van der Waals surface area contributed by atoms with Gasteiger partial charge in [-0.2, -0.15) is 0 Å². The van der Waals surface area contributed by atoms with Crippen molar-refractivity contribution in [1.82, 2.24) is 0 Å². The molecule has 0 aliphatic rings. The molecule has 10 nitrogen and oxygen atoms in total. The van der Waals surface area contributed by atoms with E-state index < -0.39 is 22.8 Å². The fourth-order valence-corrected chi connectivity index (χ4v) is 5.12. The average Bonchev–Trinajstić information content (AvgIpc) is 2.98. The molecule has 0 saturated carbocycles. The van der Waals surface area contributed by atoms with E-state index in [4.69, 9.17) is 28.1 Å². The summed E-state index contributed by atoms with van der Waals surface area (Å²) in [5.74, 6) is -1.22. The van der Waals surface area contributed by atoms with Crippen molar-refractivity contribution >= 4 is 21.9 Å². The van der Waals surface area contributed by atoms with Crippen molar-refractivity contribution in [2.45, 2.75) is 5.92 Å². The average molecular weight is 561 g/mol. The first-order valence-electron chi connectivity index (χ1n) is 12.4. The van der Waals surface area contributed by atoms with Gasteiger partial charge in [0.2, 0.25) is 11.2 Å². The molecule has 1 heterocycles. The summed E-state index contributed by atoms with van der Waals surface area (Å²) < 4.78 is 33.5. The topological polar surface area (TPSA) is 137 Å². The van der Waals surface area contributed by atoms with Crippen molar-refractivity contribution < 1.29 is 43.4 Å². The Balaban J connectivity index is 2.00. The summed E-state index contributed by atoms with van der Waals surface area (Å²) in [5.41, 5.74) is 0.595. The monoisotopic (exact) mass is 560 g/mol. The van der Waals surface area contributed by atoms with Crippen LogP contribution in [0.5, 0.6) is 46.0 Å². The molecule has 10 heteroatoms. The molecule has 41 heavy (non-hydrogen) atoms.